The monoisotopic (exact) mass is 306 g/mol. The molecule has 0 amide bonds. The van der Waals surface area contributed by atoms with E-state index in [2.05, 4.69) is 0 Å². The van der Waals surface area contributed by atoms with Crippen LogP contribution in [0.4, 0.5) is 0 Å². The molecule has 1 saturated carbocycles. The summed E-state index contributed by atoms with van der Waals surface area (Å²) < 4.78 is 0. The highest BCUT2D eigenvalue weighted by Gasteiger charge is 2.48. The third kappa shape index (κ3) is 2.91. The van der Waals surface area contributed by atoms with Crippen molar-refractivity contribution < 1.29 is 14.6 Å². The van der Waals surface area contributed by atoms with Crippen molar-refractivity contribution in [1.82, 2.24) is 0 Å². The molecule has 1 saturated heterocycles. The van der Waals surface area contributed by atoms with Crippen LogP contribution in [0.25, 0.3) is 6.08 Å². The molecule has 4 atom stereocenters. The number of carbonyl (C=O) groups is 1. The molecule has 0 N–H and O–H groups in total. The minimum Gasteiger partial charge on any atom is -0.299 e. The topological polar surface area (TPSA) is 35.5 Å². The van der Waals surface area contributed by atoms with Gasteiger partial charge in [-0.1, -0.05) is 36.7 Å². The molecule has 3 nitrogen and oxygen atoms in total. The summed E-state index contributed by atoms with van der Waals surface area (Å²) >= 11 is 5.88. The summed E-state index contributed by atoms with van der Waals surface area (Å²) in [5.74, 6) is 0.375. The molecule has 1 aliphatic carbocycles. The maximum absolute atomic E-state index is 12.0. The second-order valence-electron chi connectivity index (χ2n) is 6.18. The molecule has 1 aliphatic heterocycles. The first-order valence-corrected chi connectivity index (χ1v) is 7.68. The molecule has 21 heavy (non-hydrogen) atoms. The molecule has 0 spiro atoms. The Bertz CT molecular complexity index is 566. The molecular formula is C17H19ClO3. The van der Waals surface area contributed by atoms with E-state index in [9.17, 15) is 4.79 Å². The highest BCUT2D eigenvalue weighted by molar-refractivity contribution is 6.30. The van der Waals surface area contributed by atoms with Gasteiger partial charge in [0.1, 0.15) is 17.5 Å². The molecule has 1 aromatic rings. The molecule has 2 aliphatic rings. The van der Waals surface area contributed by atoms with Gasteiger partial charge >= 0.3 is 0 Å². The van der Waals surface area contributed by atoms with Gasteiger partial charge in [0.15, 0.2) is 0 Å². The lowest BCUT2D eigenvalue weighted by atomic mass is 9.71. The maximum atomic E-state index is 12.0. The Balaban J connectivity index is 1.78. The quantitative estimate of drug-likeness (QED) is 0.773. The largest absolute Gasteiger partial charge is 0.299 e. The number of hydrogen-bond donors (Lipinski definition) is 0. The van der Waals surface area contributed by atoms with E-state index in [1.54, 1.807) is 0 Å². The van der Waals surface area contributed by atoms with E-state index in [1.165, 1.54) is 0 Å². The normalized spacial score (nSPS) is 36.1. The molecule has 4 heteroatoms. The SMILES string of the molecule is CC1C(=O)CC2CC1OOC2(C)/C=C/c1ccc(Cl)cc1. The summed E-state index contributed by atoms with van der Waals surface area (Å²) in [6.07, 6.45) is 5.30. The van der Waals surface area contributed by atoms with Gasteiger partial charge in [-0.15, -0.1) is 0 Å². The van der Waals surface area contributed by atoms with Crippen molar-refractivity contribution in [2.45, 2.75) is 38.4 Å². The summed E-state index contributed by atoms with van der Waals surface area (Å²) in [4.78, 5) is 23.1. The van der Waals surface area contributed by atoms with Gasteiger partial charge in [0.25, 0.3) is 0 Å². The lowest BCUT2D eigenvalue weighted by molar-refractivity contribution is -0.415. The van der Waals surface area contributed by atoms with Crippen LogP contribution in [0, 0.1) is 11.8 Å². The lowest BCUT2D eigenvalue weighted by Gasteiger charge is -2.45. The van der Waals surface area contributed by atoms with E-state index < -0.39 is 5.60 Å². The van der Waals surface area contributed by atoms with E-state index in [4.69, 9.17) is 21.4 Å². The van der Waals surface area contributed by atoms with E-state index in [0.29, 0.717) is 11.4 Å². The lowest BCUT2D eigenvalue weighted by Crippen LogP contribution is -2.51. The first-order chi connectivity index (χ1) is 9.98. The first-order valence-electron chi connectivity index (χ1n) is 7.30. The number of fused-ring (bicyclic) bond motifs is 2. The van der Waals surface area contributed by atoms with Crippen LogP contribution in [0.3, 0.4) is 0 Å². The van der Waals surface area contributed by atoms with Crippen molar-refractivity contribution in [2.24, 2.45) is 11.8 Å². The fraction of sp³-hybridized carbons (Fsp3) is 0.471. The molecule has 1 aromatic carbocycles. The molecular weight excluding hydrogens is 288 g/mol. The number of rotatable bonds is 2. The minimum atomic E-state index is -0.564. The molecule has 1 heterocycles. The average Bonchev–Trinajstić information content (AvgIpc) is 2.47. The predicted octanol–water partition coefficient (Wildman–Crippen LogP) is 4.06. The standard InChI is InChI=1S/C17H19ClO3/c1-11-15(19)9-13-10-16(11)20-21-17(13,2)8-7-12-3-5-14(18)6-4-12/h3-8,11,13,16H,9-10H2,1-2H3/b8-7+. The Labute approximate surface area is 129 Å². The zero-order chi connectivity index (χ0) is 15.0. The van der Waals surface area contributed by atoms with Gasteiger partial charge in [-0.05, 0) is 37.1 Å². The van der Waals surface area contributed by atoms with Crippen molar-refractivity contribution in [2.75, 3.05) is 0 Å². The van der Waals surface area contributed by atoms with Crippen LogP contribution in [-0.4, -0.2) is 17.5 Å². The van der Waals surface area contributed by atoms with Crippen LogP contribution in [0.15, 0.2) is 30.3 Å². The Morgan fingerprint density at radius 2 is 2.05 bits per heavy atom. The summed E-state index contributed by atoms with van der Waals surface area (Å²) in [6.45, 7) is 3.89. The Hall–Kier alpha value is -1.16. The molecule has 2 bridgehead atoms. The predicted molar refractivity (Wildman–Crippen MR) is 81.7 cm³/mol. The maximum Gasteiger partial charge on any atom is 0.138 e. The van der Waals surface area contributed by atoms with Crippen LogP contribution in [0.5, 0.6) is 0 Å². The molecule has 112 valence electrons. The van der Waals surface area contributed by atoms with E-state index >= 15 is 0 Å². The van der Waals surface area contributed by atoms with Crippen molar-refractivity contribution >= 4 is 23.5 Å². The third-order valence-electron chi connectivity index (χ3n) is 4.67. The van der Waals surface area contributed by atoms with Gasteiger partial charge in [0.2, 0.25) is 0 Å². The van der Waals surface area contributed by atoms with Crippen molar-refractivity contribution in [3.8, 4) is 0 Å². The van der Waals surface area contributed by atoms with Crippen molar-refractivity contribution in [3.63, 3.8) is 0 Å². The Kier molecular flexibility index (Phi) is 3.91. The van der Waals surface area contributed by atoms with Crippen molar-refractivity contribution in [1.29, 1.82) is 0 Å². The zero-order valence-corrected chi connectivity index (χ0v) is 13.0. The smallest absolute Gasteiger partial charge is 0.138 e. The summed E-state index contributed by atoms with van der Waals surface area (Å²) in [5.41, 5.74) is 0.480. The Morgan fingerprint density at radius 3 is 2.76 bits per heavy atom. The van der Waals surface area contributed by atoms with Gasteiger partial charge in [-0.3, -0.25) is 4.79 Å². The number of ketones is 1. The van der Waals surface area contributed by atoms with Crippen LogP contribution in [0.1, 0.15) is 32.3 Å². The molecule has 2 fully saturated rings. The van der Waals surface area contributed by atoms with Gasteiger partial charge in [0, 0.05) is 23.3 Å². The number of hydrogen-bond acceptors (Lipinski definition) is 3. The Morgan fingerprint density at radius 1 is 1.33 bits per heavy atom. The summed E-state index contributed by atoms with van der Waals surface area (Å²) in [6, 6.07) is 7.60. The van der Waals surface area contributed by atoms with E-state index in [1.807, 2.05) is 50.3 Å². The second kappa shape index (κ2) is 5.56. The highest BCUT2D eigenvalue weighted by atomic mass is 35.5. The van der Waals surface area contributed by atoms with Crippen LogP contribution in [-0.2, 0) is 14.6 Å². The molecule has 3 rings (SSSR count). The third-order valence-corrected chi connectivity index (χ3v) is 4.92. The fourth-order valence-electron chi connectivity index (χ4n) is 3.00. The van der Waals surface area contributed by atoms with E-state index in [0.717, 1.165) is 12.0 Å². The van der Waals surface area contributed by atoms with Crippen molar-refractivity contribution in [3.05, 3.63) is 40.9 Å². The van der Waals surface area contributed by atoms with Gasteiger partial charge in [0.05, 0.1) is 0 Å². The summed E-state index contributed by atoms with van der Waals surface area (Å²) in [5, 5.41) is 0.713. The van der Waals surface area contributed by atoms with Gasteiger partial charge in [-0.25, -0.2) is 9.78 Å². The number of carbonyl (C=O) groups excluding carboxylic acids is 1. The second-order valence-corrected chi connectivity index (χ2v) is 6.61. The molecule has 0 aromatic heterocycles. The van der Waals surface area contributed by atoms with Gasteiger partial charge in [-0.2, -0.15) is 0 Å². The number of benzene rings is 1. The van der Waals surface area contributed by atoms with Crippen LogP contribution >= 0.6 is 11.6 Å². The zero-order valence-electron chi connectivity index (χ0n) is 12.2. The van der Waals surface area contributed by atoms with Gasteiger partial charge < -0.3 is 0 Å². The molecule has 4 unspecified atom stereocenters. The average molecular weight is 307 g/mol. The summed E-state index contributed by atoms with van der Waals surface area (Å²) in [7, 11) is 0. The number of Topliss-reactive ketones (excluding diaryl/α,β-unsaturated/α-hetero) is 1. The molecule has 0 radical (unpaired) electrons. The van der Waals surface area contributed by atoms with Crippen LogP contribution < -0.4 is 0 Å². The van der Waals surface area contributed by atoms with Crippen LogP contribution in [0.2, 0.25) is 5.02 Å². The first kappa shape index (κ1) is 14.8. The fourth-order valence-corrected chi connectivity index (χ4v) is 3.12. The van der Waals surface area contributed by atoms with E-state index in [-0.39, 0.29) is 23.7 Å². The minimum absolute atomic E-state index is 0.0638. The number of halogens is 1. The highest BCUT2D eigenvalue weighted by Crippen LogP contribution is 2.42.